The molecule has 0 saturated heterocycles. The standard InChI is InChI=1S/C33H30FN3O4/c1-2-25-15-10-20-40-31-26(16-9-17-27(31)34)29(24-13-7-4-8-14-24)37-22-35(25)33(39)30-32(28(38)18-19-36(30)37)41-21-23-11-5-3-6-12-23/h3-19,25,29H,2,20-22H2,1H3/b15-10+/t25-,29+/m0/s1. The van der Waals surface area contributed by atoms with Crippen LogP contribution in [0.4, 0.5) is 4.39 Å². The van der Waals surface area contributed by atoms with Crippen LogP contribution in [0.2, 0.25) is 0 Å². The second kappa shape index (κ2) is 11.3. The maximum absolute atomic E-state index is 15.3. The quantitative estimate of drug-likeness (QED) is 0.310. The molecule has 41 heavy (non-hydrogen) atoms. The maximum Gasteiger partial charge on any atom is 0.278 e. The molecule has 6 rings (SSSR count). The van der Waals surface area contributed by atoms with Gasteiger partial charge in [-0.25, -0.2) is 4.39 Å². The van der Waals surface area contributed by atoms with Crippen molar-refractivity contribution in [3.8, 4) is 11.5 Å². The van der Waals surface area contributed by atoms with Crippen LogP contribution in [0.3, 0.4) is 0 Å². The van der Waals surface area contributed by atoms with E-state index in [-0.39, 0.29) is 54.5 Å². The van der Waals surface area contributed by atoms with Crippen LogP contribution in [0.1, 0.15) is 46.6 Å². The van der Waals surface area contributed by atoms with E-state index in [1.807, 2.05) is 90.8 Å². The first kappa shape index (κ1) is 26.4. The molecule has 0 fully saturated rings. The van der Waals surface area contributed by atoms with Gasteiger partial charge in [-0.05, 0) is 29.7 Å². The number of ether oxygens (including phenoxy) is 2. The minimum atomic E-state index is -0.559. The van der Waals surface area contributed by atoms with Gasteiger partial charge in [0.1, 0.15) is 25.9 Å². The van der Waals surface area contributed by atoms with Crippen LogP contribution in [0.15, 0.2) is 108 Å². The van der Waals surface area contributed by atoms with Crippen molar-refractivity contribution in [3.63, 3.8) is 0 Å². The number of aromatic nitrogens is 1. The van der Waals surface area contributed by atoms with Crippen molar-refractivity contribution in [1.29, 1.82) is 0 Å². The van der Waals surface area contributed by atoms with Gasteiger partial charge in [-0.15, -0.1) is 0 Å². The fraction of sp³-hybridized carbons (Fsp3) is 0.212. The molecule has 1 amide bonds. The molecule has 0 radical (unpaired) electrons. The molecule has 0 N–H and O–H groups in total. The molecule has 0 unspecified atom stereocenters. The number of halogens is 1. The monoisotopic (exact) mass is 551 g/mol. The molecule has 7 nitrogen and oxygen atoms in total. The summed E-state index contributed by atoms with van der Waals surface area (Å²) >= 11 is 0. The van der Waals surface area contributed by atoms with Gasteiger partial charge in [0.15, 0.2) is 23.0 Å². The summed E-state index contributed by atoms with van der Waals surface area (Å²) in [5.74, 6) is -0.662. The largest absolute Gasteiger partial charge is 0.486 e. The van der Waals surface area contributed by atoms with Crippen molar-refractivity contribution >= 4 is 5.91 Å². The molecule has 2 atom stereocenters. The Kier molecular flexibility index (Phi) is 7.29. The SMILES string of the molecule is CC[C@H]1/C=C/COc2c(F)cccc2[C@@H](c2ccccc2)N2CN1C(=O)c1c(OCc3ccccc3)c(=O)ccn12. The van der Waals surface area contributed by atoms with Gasteiger partial charge in [0.05, 0.1) is 6.04 Å². The van der Waals surface area contributed by atoms with Crippen LogP contribution in [0, 0.1) is 5.82 Å². The molecular weight excluding hydrogens is 521 g/mol. The Balaban J connectivity index is 1.58. The molecule has 8 heteroatoms. The summed E-state index contributed by atoms with van der Waals surface area (Å²) in [7, 11) is 0. The van der Waals surface area contributed by atoms with Crippen LogP contribution >= 0.6 is 0 Å². The second-order valence-corrected chi connectivity index (χ2v) is 10.0. The third-order valence-electron chi connectivity index (χ3n) is 7.50. The van der Waals surface area contributed by atoms with E-state index in [2.05, 4.69) is 0 Å². The average Bonchev–Trinajstić information content (AvgIpc) is 3.02. The van der Waals surface area contributed by atoms with Crippen molar-refractivity contribution in [2.75, 3.05) is 18.3 Å². The lowest BCUT2D eigenvalue weighted by molar-refractivity contribution is 0.0622. The first-order valence-corrected chi connectivity index (χ1v) is 13.7. The summed E-state index contributed by atoms with van der Waals surface area (Å²) in [5.41, 5.74) is 2.08. The first-order chi connectivity index (χ1) is 20.1. The highest BCUT2D eigenvalue weighted by Crippen LogP contribution is 2.39. The third kappa shape index (κ3) is 4.97. The van der Waals surface area contributed by atoms with Crippen molar-refractivity contribution in [2.24, 2.45) is 0 Å². The van der Waals surface area contributed by atoms with Gasteiger partial charge in [-0.2, -0.15) is 0 Å². The normalized spacial score (nSPS) is 18.9. The van der Waals surface area contributed by atoms with Crippen LogP contribution in [-0.2, 0) is 6.61 Å². The van der Waals surface area contributed by atoms with E-state index in [0.29, 0.717) is 12.0 Å². The van der Waals surface area contributed by atoms with E-state index in [0.717, 1.165) is 11.1 Å². The molecule has 2 aliphatic heterocycles. The Hall–Kier alpha value is -4.85. The van der Waals surface area contributed by atoms with E-state index in [9.17, 15) is 9.59 Å². The Morgan fingerprint density at radius 2 is 1.71 bits per heavy atom. The van der Waals surface area contributed by atoms with Gasteiger partial charge < -0.3 is 14.4 Å². The predicted molar refractivity (Wildman–Crippen MR) is 154 cm³/mol. The number of fused-ring (bicyclic) bond motifs is 5. The molecule has 0 saturated carbocycles. The number of para-hydroxylation sites is 1. The lowest BCUT2D eigenvalue weighted by Gasteiger charge is -2.46. The van der Waals surface area contributed by atoms with Crippen molar-refractivity contribution < 1.29 is 18.7 Å². The molecular formula is C33H30FN3O4. The number of hydrogen-bond donors (Lipinski definition) is 0. The number of rotatable bonds is 5. The van der Waals surface area contributed by atoms with Gasteiger partial charge in [0.25, 0.3) is 5.91 Å². The summed E-state index contributed by atoms with van der Waals surface area (Å²) in [6.45, 7) is 2.45. The summed E-state index contributed by atoms with van der Waals surface area (Å²) < 4.78 is 29.1. The highest BCUT2D eigenvalue weighted by Gasteiger charge is 2.40. The van der Waals surface area contributed by atoms with Crippen molar-refractivity contribution in [3.05, 3.63) is 142 Å². The molecule has 0 spiro atoms. The number of hydrogen-bond acceptors (Lipinski definition) is 5. The van der Waals surface area contributed by atoms with Crippen LogP contribution in [-0.4, -0.2) is 34.8 Å². The lowest BCUT2D eigenvalue weighted by atomic mass is 9.96. The molecule has 2 aliphatic rings. The van der Waals surface area contributed by atoms with Gasteiger partial charge in [-0.3, -0.25) is 19.3 Å². The van der Waals surface area contributed by atoms with E-state index >= 15 is 4.39 Å². The molecule has 2 bridgehead atoms. The minimum absolute atomic E-state index is 0.0210. The number of carbonyl (C=O) groups is 1. The maximum atomic E-state index is 15.3. The number of benzene rings is 3. The highest BCUT2D eigenvalue weighted by atomic mass is 19.1. The average molecular weight is 552 g/mol. The highest BCUT2D eigenvalue weighted by molar-refractivity contribution is 5.96. The van der Waals surface area contributed by atoms with E-state index in [4.69, 9.17) is 9.47 Å². The molecule has 0 aliphatic carbocycles. The smallest absolute Gasteiger partial charge is 0.278 e. The van der Waals surface area contributed by atoms with Crippen LogP contribution < -0.4 is 19.9 Å². The fourth-order valence-corrected chi connectivity index (χ4v) is 5.52. The Morgan fingerprint density at radius 1 is 0.951 bits per heavy atom. The first-order valence-electron chi connectivity index (χ1n) is 13.7. The number of amides is 1. The van der Waals surface area contributed by atoms with Gasteiger partial charge in [0.2, 0.25) is 5.43 Å². The Morgan fingerprint density at radius 3 is 2.46 bits per heavy atom. The van der Waals surface area contributed by atoms with Gasteiger partial charge in [-0.1, -0.05) is 85.8 Å². The lowest BCUT2D eigenvalue weighted by Crippen LogP contribution is -2.58. The zero-order chi connectivity index (χ0) is 28.3. The third-order valence-corrected chi connectivity index (χ3v) is 7.50. The van der Waals surface area contributed by atoms with E-state index in [1.54, 1.807) is 21.8 Å². The summed E-state index contributed by atoms with van der Waals surface area (Å²) in [4.78, 5) is 29.2. The second-order valence-electron chi connectivity index (χ2n) is 10.0. The van der Waals surface area contributed by atoms with Gasteiger partial charge >= 0.3 is 0 Å². The predicted octanol–water partition coefficient (Wildman–Crippen LogP) is 5.43. The molecule has 3 heterocycles. The minimum Gasteiger partial charge on any atom is -0.486 e. The van der Waals surface area contributed by atoms with Gasteiger partial charge in [0, 0.05) is 17.8 Å². The Bertz CT molecular complexity index is 1640. The van der Waals surface area contributed by atoms with E-state index in [1.165, 1.54) is 12.1 Å². The molecule has 208 valence electrons. The zero-order valence-corrected chi connectivity index (χ0v) is 22.7. The molecule has 3 aromatic carbocycles. The van der Waals surface area contributed by atoms with Crippen LogP contribution in [0.5, 0.6) is 11.5 Å². The zero-order valence-electron chi connectivity index (χ0n) is 22.7. The number of carbonyl (C=O) groups excluding carboxylic acids is 1. The molecule has 1 aromatic heterocycles. The topological polar surface area (TPSA) is 64.0 Å². The van der Waals surface area contributed by atoms with Crippen LogP contribution in [0.25, 0.3) is 0 Å². The molecule has 4 aromatic rings. The summed E-state index contributed by atoms with van der Waals surface area (Å²) in [6, 6.07) is 24.6. The number of nitrogens with zero attached hydrogens (tertiary/aromatic N) is 3. The van der Waals surface area contributed by atoms with Crippen molar-refractivity contribution in [1.82, 2.24) is 9.58 Å². The fourth-order valence-electron chi connectivity index (χ4n) is 5.52. The Labute approximate surface area is 237 Å². The number of pyridine rings is 1. The van der Waals surface area contributed by atoms with E-state index < -0.39 is 11.9 Å². The summed E-state index contributed by atoms with van der Waals surface area (Å²) in [5, 5.41) is 1.96. The van der Waals surface area contributed by atoms with Crippen molar-refractivity contribution in [2.45, 2.75) is 32.0 Å². The summed E-state index contributed by atoms with van der Waals surface area (Å²) in [6.07, 6.45) is 5.93.